The average molecular weight is 324 g/mol. The minimum Gasteiger partial charge on any atom is -0.370 e. The van der Waals surface area contributed by atoms with Gasteiger partial charge in [-0.05, 0) is 52.1 Å². The average Bonchev–Trinajstić information content (AvgIpc) is 3.13. The molecule has 1 unspecified atom stereocenters. The van der Waals surface area contributed by atoms with E-state index in [1.807, 2.05) is 6.92 Å². The van der Waals surface area contributed by atoms with Gasteiger partial charge in [-0.3, -0.25) is 9.89 Å². The molecule has 0 saturated carbocycles. The van der Waals surface area contributed by atoms with Gasteiger partial charge in [0.2, 0.25) is 0 Å². The van der Waals surface area contributed by atoms with Crippen molar-refractivity contribution in [3.63, 3.8) is 0 Å². The molecule has 0 spiro atoms. The van der Waals surface area contributed by atoms with Crippen LogP contribution in [0.2, 0.25) is 0 Å². The topological polar surface area (TPSA) is 66.5 Å². The Balaban J connectivity index is 1.57. The third-order valence-electron chi connectivity index (χ3n) is 4.17. The molecule has 5 nitrogen and oxygen atoms in total. The lowest BCUT2D eigenvalue weighted by Gasteiger charge is -2.20. The molecule has 1 saturated heterocycles. The molecular weight excluding hydrogens is 294 g/mol. The van der Waals surface area contributed by atoms with Crippen LogP contribution in [0.25, 0.3) is 0 Å². The Bertz CT molecular complexity index is 471. The quantitative estimate of drug-likeness (QED) is 0.437. The zero-order chi connectivity index (χ0) is 15.8. The SMILES string of the molecule is CCN1CCCC1CN=C(N)NCCCCc1nc(C)cs1. The standard InChI is InChI=1S/C16H29N5S/c1-3-21-10-6-7-14(21)11-19-16(17)18-9-5-4-8-15-20-13(2)12-22-15/h12,14H,3-11H2,1-2H3,(H3,17,18,19). The second-order valence-corrected chi connectivity index (χ2v) is 6.86. The van der Waals surface area contributed by atoms with Gasteiger partial charge in [0, 0.05) is 23.7 Å². The van der Waals surface area contributed by atoms with Crippen LogP contribution >= 0.6 is 11.3 Å². The molecular formula is C16H29N5S. The van der Waals surface area contributed by atoms with Crippen LogP contribution in [-0.2, 0) is 6.42 Å². The van der Waals surface area contributed by atoms with Crippen molar-refractivity contribution >= 4 is 17.3 Å². The molecule has 1 aliphatic heterocycles. The van der Waals surface area contributed by atoms with Gasteiger partial charge in [0.05, 0.1) is 11.6 Å². The van der Waals surface area contributed by atoms with Gasteiger partial charge in [0.1, 0.15) is 0 Å². The van der Waals surface area contributed by atoms with Crippen molar-refractivity contribution in [3.05, 3.63) is 16.1 Å². The third-order valence-corrected chi connectivity index (χ3v) is 5.19. The van der Waals surface area contributed by atoms with Crippen LogP contribution in [0.15, 0.2) is 10.4 Å². The molecule has 1 aromatic rings. The van der Waals surface area contributed by atoms with Crippen LogP contribution in [0.3, 0.4) is 0 Å². The second kappa shape index (κ2) is 9.10. The van der Waals surface area contributed by atoms with E-state index in [0.29, 0.717) is 12.0 Å². The van der Waals surface area contributed by atoms with E-state index in [-0.39, 0.29) is 0 Å². The second-order valence-electron chi connectivity index (χ2n) is 5.92. The maximum Gasteiger partial charge on any atom is 0.188 e. The monoisotopic (exact) mass is 323 g/mol. The Labute approximate surface area is 138 Å². The summed E-state index contributed by atoms with van der Waals surface area (Å²) in [4.78, 5) is 11.5. The van der Waals surface area contributed by atoms with E-state index in [1.54, 1.807) is 11.3 Å². The predicted octanol–water partition coefficient (Wildman–Crippen LogP) is 2.16. The van der Waals surface area contributed by atoms with E-state index in [0.717, 1.165) is 44.6 Å². The lowest BCUT2D eigenvalue weighted by molar-refractivity contribution is 0.273. The Morgan fingerprint density at radius 1 is 1.55 bits per heavy atom. The molecule has 1 fully saturated rings. The molecule has 124 valence electrons. The van der Waals surface area contributed by atoms with Crippen molar-refractivity contribution in [1.29, 1.82) is 0 Å². The van der Waals surface area contributed by atoms with Crippen molar-refractivity contribution in [1.82, 2.24) is 15.2 Å². The zero-order valence-electron chi connectivity index (χ0n) is 13.8. The van der Waals surface area contributed by atoms with Crippen LogP contribution in [0.1, 0.15) is 43.3 Å². The maximum atomic E-state index is 5.95. The first kappa shape index (κ1) is 17.2. The first-order valence-corrected chi connectivity index (χ1v) is 9.26. The normalized spacial score (nSPS) is 19.7. The van der Waals surface area contributed by atoms with Gasteiger partial charge < -0.3 is 11.1 Å². The van der Waals surface area contributed by atoms with E-state index in [1.165, 1.54) is 24.4 Å². The molecule has 0 radical (unpaired) electrons. The number of unbranched alkanes of at least 4 members (excludes halogenated alkanes) is 1. The van der Waals surface area contributed by atoms with E-state index < -0.39 is 0 Å². The molecule has 0 aromatic carbocycles. The zero-order valence-corrected chi connectivity index (χ0v) is 14.7. The van der Waals surface area contributed by atoms with E-state index in [2.05, 4.69) is 32.5 Å². The molecule has 22 heavy (non-hydrogen) atoms. The van der Waals surface area contributed by atoms with Crippen LogP contribution < -0.4 is 11.1 Å². The first-order valence-electron chi connectivity index (χ1n) is 8.38. The van der Waals surface area contributed by atoms with Crippen molar-refractivity contribution in [3.8, 4) is 0 Å². The summed E-state index contributed by atoms with van der Waals surface area (Å²) in [6.45, 7) is 8.30. The summed E-state index contributed by atoms with van der Waals surface area (Å²) < 4.78 is 0. The minimum absolute atomic E-state index is 0.582. The maximum absolute atomic E-state index is 5.95. The van der Waals surface area contributed by atoms with Gasteiger partial charge in [-0.15, -0.1) is 11.3 Å². The lowest BCUT2D eigenvalue weighted by atomic mass is 10.2. The highest BCUT2D eigenvalue weighted by molar-refractivity contribution is 7.09. The molecule has 2 rings (SSSR count). The Hall–Kier alpha value is -1.14. The van der Waals surface area contributed by atoms with Crippen molar-refractivity contribution in [2.24, 2.45) is 10.7 Å². The highest BCUT2D eigenvalue weighted by Crippen LogP contribution is 2.16. The Kier molecular flexibility index (Phi) is 7.12. The Morgan fingerprint density at radius 2 is 2.41 bits per heavy atom. The summed E-state index contributed by atoms with van der Waals surface area (Å²) >= 11 is 1.75. The number of rotatable bonds is 8. The largest absolute Gasteiger partial charge is 0.370 e. The summed E-state index contributed by atoms with van der Waals surface area (Å²) in [6, 6.07) is 0.582. The molecule has 0 bridgehead atoms. The van der Waals surface area contributed by atoms with Gasteiger partial charge >= 0.3 is 0 Å². The number of aryl methyl sites for hydroxylation is 2. The van der Waals surface area contributed by atoms with Gasteiger partial charge in [-0.1, -0.05) is 6.92 Å². The van der Waals surface area contributed by atoms with Crippen molar-refractivity contribution in [2.75, 3.05) is 26.2 Å². The minimum atomic E-state index is 0.582. The molecule has 1 atom stereocenters. The number of likely N-dealkylation sites (N-methyl/N-ethyl adjacent to an activating group) is 1. The number of aliphatic imine (C=N–C) groups is 1. The molecule has 3 N–H and O–H groups in total. The number of nitrogens with one attached hydrogen (secondary N) is 1. The number of hydrogen-bond donors (Lipinski definition) is 2. The first-order chi connectivity index (χ1) is 10.7. The van der Waals surface area contributed by atoms with Gasteiger partial charge in [0.25, 0.3) is 0 Å². The summed E-state index contributed by atoms with van der Waals surface area (Å²) in [5.41, 5.74) is 7.07. The van der Waals surface area contributed by atoms with E-state index >= 15 is 0 Å². The molecule has 0 amide bonds. The molecule has 0 aliphatic carbocycles. The number of hydrogen-bond acceptors (Lipinski definition) is 4. The predicted molar refractivity (Wildman–Crippen MR) is 94.6 cm³/mol. The van der Waals surface area contributed by atoms with E-state index in [9.17, 15) is 0 Å². The lowest BCUT2D eigenvalue weighted by Crippen LogP contribution is -2.36. The van der Waals surface area contributed by atoms with Crippen LogP contribution in [-0.4, -0.2) is 48.1 Å². The number of guanidine groups is 1. The fourth-order valence-corrected chi connectivity index (χ4v) is 3.73. The third kappa shape index (κ3) is 5.57. The summed E-state index contributed by atoms with van der Waals surface area (Å²) in [6.07, 6.45) is 5.83. The summed E-state index contributed by atoms with van der Waals surface area (Å²) in [5, 5.41) is 6.57. The van der Waals surface area contributed by atoms with Crippen LogP contribution in [0.5, 0.6) is 0 Å². The van der Waals surface area contributed by atoms with Gasteiger partial charge in [0.15, 0.2) is 5.96 Å². The Morgan fingerprint density at radius 3 is 3.14 bits per heavy atom. The number of nitrogens with two attached hydrogens (primary N) is 1. The van der Waals surface area contributed by atoms with Gasteiger partial charge in [-0.2, -0.15) is 0 Å². The van der Waals surface area contributed by atoms with Crippen LogP contribution in [0.4, 0.5) is 0 Å². The number of aromatic nitrogens is 1. The van der Waals surface area contributed by atoms with Crippen molar-refractivity contribution in [2.45, 2.75) is 52.0 Å². The molecule has 1 aliphatic rings. The highest BCUT2D eigenvalue weighted by atomic mass is 32.1. The van der Waals surface area contributed by atoms with Gasteiger partial charge in [-0.25, -0.2) is 4.98 Å². The molecule has 2 heterocycles. The number of thiazole rings is 1. The summed E-state index contributed by atoms with van der Waals surface area (Å²) in [7, 11) is 0. The molecule has 1 aromatic heterocycles. The summed E-state index contributed by atoms with van der Waals surface area (Å²) in [5.74, 6) is 0.591. The fourth-order valence-electron chi connectivity index (χ4n) is 2.91. The van der Waals surface area contributed by atoms with E-state index in [4.69, 9.17) is 5.73 Å². The van der Waals surface area contributed by atoms with Crippen LogP contribution in [0, 0.1) is 6.92 Å². The number of likely N-dealkylation sites (tertiary alicyclic amines) is 1. The number of nitrogens with zero attached hydrogens (tertiary/aromatic N) is 3. The highest BCUT2D eigenvalue weighted by Gasteiger charge is 2.22. The van der Waals surface area contributed by atoms with Crippen molar-refractivity contribution < 1.29 is 0 Å². The molecule has 6 heteroatoms. The smallest absolute Gasteiger partial charge is 0.188 e. The fraction of sp³-hybridized carbons (Fsp3) is 0.750.